The number of halogens is 1. The van der Waals surface area contributed by atoms with Gasteiger partial charge in [-0.3, -0.25) is 0 Å². The fraction of sp³-hybridized carbons (Fsp3) is 0.500. The lowest BCUT2D eigenvalue weighted by Gasteiger charge is -2.15. The van der Waals surface area contributed by atoms with Gasteiger partial charge in [-0.25, -0.2) is 9.37 Å². The number of ether oxygens (including phenoxy) is 1. The van der Waals surface area contributed by atoms with Crippen molar-refractivity contribution < 1.29 is 9.13 Å². The molecule has 3 nitrogen and oxygen atoms in total. The molecule has 4 heteroatoms. The number of aromatic nitrogens is 1. The van der Waals surface area contributed by atoms with Crippen LogP contribution in [0.2, 0.25) is 0 Å². The van der Waals surface area contributed by atoms with Gasteiger partial charge in [0.1, 0.15) is 5.82 Å². The molecule has 1 aliphatic carbocycles. The van der Waals surface area contributed by atoms with Crippen LogP contribution < -0.4 is 9.64 Å². The lowest BCUT2D eigenvalue weighted by Crippen LogP contribution is -2.13. The molecule has 76 valence electrons. The van der Waals surface area contributed by atoms with E-state index in [-0.39, 0.29) is 11.9 Å². The largest absolute Gasteiger partial charge is 0.486 e. The van der Waals surface area contributed by atoms with Crippen molar-refractivity contribution in [2.75, 3.05) is 19.0 Å². The molecule has 0 spiro atoms. The third-order valence-electron chi connectivity index (χ3n) is 2.04. The lowest BCUT2D eigenvalue weighted by atomic mass is 10.4. The molecule has 0 atom stereocenters. The van der Waals surface area contributed by atoms with E-state index in [9.17, 15) is 4.39 Å². The minimum atomic E-state index is -0.355. The second kappa shape index (κ2) is 3.44. The average Bonchev–Trinajstić information content (AvgIpc) is 2.87. The second-order valence-corrected chi connectivity index (χ2v) is 3.69. The van der Waals surface area contributed by atoms with Crippen LogP contribution in [0.1, 0.15) is 12.8 Å². The highest BCUT2D eigenvalue weighted by Crippen LogP contribution is 2.32. The molecular formula is C10H13FN2O. The number of nitrogens with zero attached hydrogens (tertiary/aromatic N) is 2. The highest BCUT2D eigenvalue weighted by molar-refractivity contribution is 5.51. The Labute approximate surface area is 82.5 Å². The van der Waals surface area contributed by atoms with Gasteiger partial charge in [0.15, 0.2) is 11.6 Å². The smallest absolute Gasteiger partial charge is 0.171 e. The first-order valence-corrected chi connectivity index (χ1v) is 4.66. The van der Waals surface area contributed by atoms with Crippen molar-refractivity contribution in [3.8, 4) is 5.75 Å². The molecule has 0 aromatic carbocycles. The first kappa shape index (κ1) is 9.24. The summed E-state index contributed by atoms with van der Waals surface area (Å²) in [5.74, 6) is 0.863. The maximum Gasteiger partial charge on any atom is 0.171 e. The van der Waals surface area contributed by atoms with Crippen LogP contribution in [0.5, 0.6) is 5.75 Å². The fourth-order valence-corrected chi connectivity index (χ4v) is 1.20. The van der Waals surface area contributed by atoms with Crippen LogP contribution in [0, 0.1) is 5.82 Å². The zero-order valence-corrected chi connectivity index (χ0v) is 8.33. The van der Waals surface area contributed by atoms with Crippen LogP contribution in [-0.2, 0) is 0 Å². The van der Waals surface area contributed by atoms with E-state index in [0.717, 1.165) is 12.8 Å². The first-order valence-electron chi connectivity index (χ1n) is 4.66. The molecule has 0 unspecified atom stereocenters. The Morgan fingerprint density at radius 1 is 1.50 bits per heavy atom. The Hall–Kier alpha value is -1.32. The van der Waals surface area contributed by atoms with E-state index in [1.807, 2.05) is 19.0 Å². The molecule has 14 heavy (non-hydrogen) atoms. The van der Waals surface area contributed by atoms with Gasteiger partial charge in [0.2, 0.25) is 0 Å². The summed E-state index contributed by atoms with van der Waals surface area (Å²) in [4.78, 5) is 5.80. The summed E-state index contributed by atoms with van der Waals surface area (Å²) in [7, 11) is 3.72. The van der Waals surface area contributed by atoms with Gasteiger partial charge in [0.25, 0.3) is 0 Å². The van der Waals surface area contributed by atoms with Crippen molar-refractivity contribution in [1.82, 2.24) is 4.98 Å². The summed E-state index contributed by atoms with van der Waals surface area (Å²) in [6, 6.07) is 1.39. The van der Waals surface area contributed by atoms with Crippen molar-refractivity contribution in [2.45, 2.75) is 18.9 Å². The fourth-order valence-electron chi connectivity index (χ4n) is 1.20. The van der Waals surface area contributed by atoms with Crippen LogP contribution in [0.4, 0.5) is 10.2 Å². The van der Waals surface area contributed by atoms with Crippen LogP contribution in [0.15, 0.2) is 12.3 Å². The molecule has 1 heterocycles. The van der Waals surface area contributed by atoms with Crippen LogP contribution in [0.25, 0.3) is 0 Å². The highest BCUT2D eigenvalue weighted by Gasteiger charge is 2.25. The molecule has 1 aromatic rings. The zero-order chi connectivity index (χ0) is 10.1. The number of anilines is 1. The van der Waals surface area contributed by atoms with Crippen molar-refractivity contribution in [3.05, 3.63) is 18.1 Å². The van der Waals surface area contributed by atoms with E-state index in [0.29, 0.717) is 11.6 Å². The average molecular weight is 196 g/mol. The Morgan fingerprint density at radius 3 is 2.79 bits per heavy atom. The minimum absolute atomic E-state index is 0.261. The molecule has 1 aromatic heterocycles. The van der Waals surface area contributed by atoms with E-state index >= 15 is 0 Å². The monoisotopic (exact) mass is 196 g/mol. The molecule has 0 saturated heterocycles. The summed E-state index contributed by atoms with van der Waals surface area (Å²) >= 11 is 0. The summed E-state index contributed by atoms with van der Waals surface area (Å²) in [5.41, 5.74) is 0. The first-order chi connectivity index (χ1) is 6.66. The third-order valence-corrected chi connectivity index (χ3v) is 2.04. The number of rotatable bonds is 3. The Kier molecular flexibility index (Phi) is 2.27. The summed E-state index contributed by atoms with van der Waals surface area (Å²) < 4.78 is 18.5. The SMILES string of the molecule is CN(C)c1ncc(F)cc1OC1CC1. The van der Waals surface area contributed by atoms with E-state index in [1.165, 1.54) is 12.3 Å². The maximum absolute atomic E-state index is 12.9. The normalized spacial score (nSPS) is 15.4. The van der Waals surface area contributed by atoms with Crippen molar-refractivity contribution in [3.63, 3.8) is 0 Å². The van der Waals surface area contributed by atoms with Crippen LogP contribution >= 0.6 is 0 Å². The predicted molar refractivity (Wildman–Crippen MR) is 52.2 cm³/mol. The standard InChI is InChI=1S/C10H13FN2O/c1-13(2)10-9(14-8-3-4-8)5-7(11)6-12-10/h5-6,8H,3-4H2,1-2H3. The molecule has 2 rings (SSSR count). The molecule has 0 bridgehead atoms. The zero-order valence-electron chi connectivity index (χ0n) is 8.33. The van der Waals surface area contributed by atoms with E-state index in [2.05, 4.69) is 4.98 Å². The molecule has 1 aliphatic rings. The van der Waals surface area contributed by atoms with Gasteiger partial charge in [0.05, 0.1) is 12.3 Å². The molecule has 0 aliphatic heterocycles. The third kappa shape index (κ3) is 1.95. The topological polar surface area (TPSA) is 25.4 Å². The summed E-state index contributed by atoms with van der Waals surface area (Å²) in [6.45, 7) is 0. The van der Waals surface area contributed by atoms with Gasteiger partial charge in [0, 0.05) is 20.2 Å². The number of hydrogen-bond acceptors (Lipinski definition) is 3. The van der Waals surface area contributed by atoms with Gasteiger partial charge in [-0.15, -0.1) is 0 Å². The van der Waals surface area contributed by atoms with Gasteiger partial charge >= 0.3 is 0 Å². The maximum atomic E-state index is 12.9. The van der Waals surface area contributed by atoms with Gasteiger partial charge in [-0.1, -0.05) is 0 Å². The quantitative estimate of drug-likeness (QED) is 0.737. The van der Waals surface area contributed by atoms with Gasteiger partial charge in [-0.05, 0) is 12.8 Å². The summed E-state index contributed by atoms with van der Waals surface area (Å²) in [5, 5.41) is 0. The lowest BCUT2D eigenvalue weighted by molar-refractivity contribution is 0.301. The van der Waals surface area contributed by atoms with Crippen molar-refractivity contribution >= 4 is 5.82 Å². The summed E-state index contributed by atoms with van der Waals surface area (Å²) in [6.07, 6.45) is 3.58. The Bertz CT molecular complexity index is 337. The number of hydrogen-bond donors (Lipinski definition) is 0. The second-order valence-electron chi connectivity index (χ2n) is 3.69. The molecule has 0 radical (unpaired) electrons. The molecule has 0 N–H and O–H groups in total. The predicted octanol–water partition coefficient (Wildman–Crippen LogP) is 1.83. The molecular weight excluding hydrogens is 183 g/mol. The van der Waals surface area contributed by atoms with Crippen molar-refractivity contribution in [2.24, 2.45) is 0 Å². The Balaban J connectivity index is 2.27. The van der Waals surface area contributed by atoms with Crippen molar-refractivity contribution in [1.29, 1.82) is 0 Å². The van der Waals surface area contributed by atoms with E-state index in [4.69, 9.17) is 4.74 Å². The Morgan fingerprint density at radius 2 is 2.21 bits per heavy atom. The van der Waals surface area contributed by atoms with E-state index in [1.54, 1.807) is 0 Å². The van der Waals surface area contributed by atoms with Gasteiger partial charge in [-0.2, -0.15) is 0 Å². The molecule has 1 saturated carbocycles. The number of pyridine rings is 1. The van der Waals surface area contributed by atoms with Crippen LogP contribution in [-0.4, -0.2) is 25.2 Å². The minimum Gasteiger partial charge on any atom is -0.486 e. The highest BCUT2D eigenvalue weighted by atomic mass is 19.1. The van der Waals surface area contributed by atoms with Crippen LogP contribution in [0.3, 0.4) is 0 Å². The van der Waals surface area contributed by atoms with Gasteiger partial charge < -0.3 is 9.64 Å². The molecule has 1 fully saturated rings. The van der Waals surface area contributed by atoms with E-state index < -0.39 is 0 Å². The molecule has 0 amide bonds.